The SMILES string of the molecule is CCN1C[C@@H](CN(C)C(=O)Cc2ccc(Br)cc2)Oc2ccccc21. The first-order valence-electron chi connectivity index (χ1n) is 8.56. The number of para-hydroxylation sites is 2. The quantitative estimate of drug-likeness (QED) is 0.763. The molecule has 0 fully saturated rings. The lowest BCUT2D eigenvalue weighted by Gasteiger charge is -2.37. The van der Waals surface area contributed by atoms with Crippen molar-refractivity contribution in [3.63, 3.8) is 0 Å². The summed E-state index contributed by atoms with van der Waals surface area (Å²) >= 11 is 3.42. The summed E-state index contributed by atoms with van der Waals surface area (Å²) in [5.41, 5.74) is 2.15. The summed E-state index contributed by atoms with van der Waals surface area (Å²) in [5, 5.41) is 0. The van der Waals surface area contributed by atoms with Crippen molar-refractivity contribution in [3.8, 4) is 5.75 Å². The molecule has 5 heteroatoms. The standard InChI is InChI=1S/C20H23BrN2O2/c1-3-23-14-17(25-19-7-5-4-6-18(19)23)13-22(2)20(24)12-15-8-10-16(21)11-9-15/h4-11,17H,3,12-14H2,1-2H3/t17-/m1/s1. The van der Waals surface area contributed by atoms with Crippen molar-refractivity contribution in [2.75, 3.05) is 31.6 Å². The minimum absolute atomic E-state index is 0.0197. The minimum atomic E-state index is -0.0197. The molecule has 0 bridgehead atoms. The van der Waals surface area contributed by atoms with Gasteiger partial charge in [0.1, 0.15) is 11.9 Å². The Balaban J connectivity index is 1.62. The fourth-order valence-corrected chi connectivity index (χ4v) is 3.36. The Labute approximate surface area is 157 Å². The zero-order valence-corrected chi connectivity index (χ0v) is 16.2. The second-order valence-corrected chi connectivity index (χ2v) is 7.24. The van der Waals surface area contributed by atoms with Crippen LogP contribution in [0.25, 0.3) is 0 Å². The van der Waals surface area contributed by atoms with Crippen molar-refractivity contribution in [1.82, 2.24) is 4.90 Å². The van der Waals surface area contributed by atoms with E-state index in [0.29, 0.717) is 13.0 Å². The molecule has 2 aromatic carbocycles. The molecule has 1 aliphatic rings. The van der Waals surface area contributed by atoms with Gasteiger partial charge in [-0.25, -0.2) is 0 Å². The monoisotopic (exact) mass is 402 g/mol. The van der Waals surface area contributed by atoms with Crippen LogP contribution in [0.1, 0.15) is 12.5 Å². The van der Waals surface area contributed by atoms with Crippen LogP contribution in [-0.2, 0) is 11.2 Å². The molecular weight excluding hydrogens is 380 g/mol. The van der Waals surface area contributed by atoms with Crippen LogP contribution in [0.3, 0.4) is 0 Å². The largest absolute Gasteiger partial charge is 0.485 e. The Morgan fingerprint density at radius 3 is 2.68 bits per heavy atom. The molecule has 0 aliphatic carbocycles. The number of fused-ring (bicyclic) bond motifs is 1. The second kappa shape index (κ2) is 7.91. The molecule has 3 rings (SSSR count). The lowest BCUT2D eigenvalue weighted by atomic mass is 10.1. The molecular formula is C20H23BrN2O2. The molecule has 25 heavy (non-hydrogen) atoms. The normalized spacial score (nSPS) is 16.1. The van der Waals surface area contributed by atoms with Crippen LogP contribution in [-0.4, -0.2) is 43.6 Å². The Morgan fingerprint density at radius 2 is 1.96 bits per heavy atom. The highest BCUT2D eigenvalue weighted by Crippen LogP contribution is 2.32. The van der Waals surface area contributed by atoms with Gasteiger partial charge in [-0.05, 0) is 36.8 Å². The fourth-order valence-electron chi connectivity index (χ4n) is 3.09. The molecule has 1 amide bonds. The smallest absolute Gasteiger partial charge is 0.226 e. The maximum atomic E-state index is 12.5. The van der Waals surface area contributed by atoms with E-state index in [1.807, 2.05) is 49.5 Å². The average molecular weight is 403 g/mol. The van der Waals surface area contributed by atoms with Gasteiger partial charge < -0.3 is 14.5 Å². The second-order valence-electron chi connectivity index (χ2n) is 6.32. The van der Waals surface area contributed by atoms with Crippen molar-refractivity contribution in [2.45, 2.75) is 19.4 Å². The predicted octanol–water partition coefficient (Wildman–Crippen LogP) is 3.74. The first-order chi connectivity index (χ1) is 12.1. The van der Waals surface area contributed by atoms with Crippen molar-refractivity contribution in [2.24, 2.45) is 0 Å². The summed E-state index contributed by atoms with van der Waals surface area (Å²) in [4.78, 5) is 16.6. The molecule has 4 nitrogen and oxygen atoms in total. The number of carbonyl (C=O) groups is 1. The number of halogens is 1. The first-order valence-corrected chi connectivity index (χ1v) is 9.35. The predicted molar refractivity (Wildman–Crippen MR) is 104 cm³/mol. The van der Waals surface area contributed by atoms with E-state index >= 15 is 0 Å². The Morgan fingerprint density at radius 1 is 1.24 bits per heavy atom. The molecule has 132 valence electrons. The van der Waals surface area contributed by atoms with Crippen LogP contribution in [0.15, 0.2) is 53.0 Å². The minimum Gasteiger partial charge on any atom is -0.485 e. The summed E-state index contributed by atoms with van der Waals surface area (Å²) in [7, 11) is 1.85. The van der Waals surface area contributed by atoms with Gasteiger partial charge in [0.05, 0.1) is 25.2 Å². The highest BCUT2D eigenvalue weighted by molar-refractivity contribution is 9.10. The lowest BCUT2D eigenvalue weighted by molar-refractivity contribution is -0.130. The summed E-state index contributed by atoms with van der Waals surface area (Å²) in [6, 6.07) is 16.0. The highest BCUT2D eigenvalue weighted by atomic mass is 79.9. The maximum Gasteiger partial charge on any atom is 0.226 e. The molecule has 0 N–H and O–H groups in total. The number of amides is 1. The zero-order valence-electron chi connectivity index (χ0n) is 14.6. The third kappa shape index (κ3) is 4.34. The average Bonchev–Trinajstić information content (AvgIpc) is 2.62. The number of hydrogen-bond acceptors (Lipinski definition) is 3. The van der Waals surface area contributed by atoms with Gasteiger partial charge in [-0.2, -0.15) is 0 Å². The number of carbonyl (C=O) groups excluding carboxylic acids is 1. The fraction of sp³-hybridized carbons (Fsp3) is 0.350. The summed E-state index contributed by atoms with van der Waals surface area (Å²) in [5.74, 6) is 1.00. The molecule has 1 heterocycles. The molecule has 1 atom stereocenters. The lowest BCUT2D eigenvalue weighted by Crippen LogP contribution is -2.47. The van der Waals surface area contributed by atoms with Crippen LogP contribution >= 0.6 is 15.9 Å². The number of likely N-dealkylation sites (N-methyl/N-ethyl adjacent to an activating group) is 2. The van der Waals surface area contributed by atoms with E-state index in [1.165, 1.54) is 0 Å². The van der Waals surface area contributed by atoms with Crippen LogP contribution in [0, 0.1) is 0 Å². The first kappa shape index (κ1) is 17.8. The van der Waals surface area contributed by atoms with Gasteiger partial charge in [-0.1, -0.05) is 40.2 Å². The maximum absolute atomic E-state index is 12.5. The van der Waals surface area contributed by atoms with Crippen molar-refractivity contribution in [3.05, 3.63) is 58.6 Å². The molecule has 0 unspecified atom stereocenters. The van der Waals surface area contributed by atoms with Crippen molar-refractivity contribution < 1.29 is 9.53 Å². The molecule has 0 aromatic heterocycles. The van der Waals surface area contributed by atoms with E-state index in [4.69, 9.17) is 4.74 Å². The zero-order chi connectivity index (χ0) is 17.8. The molecule has 0 spiro atoms. The molecule has 0 radical (unpaired) electrons. The van der Waals surface area contributed by atoms with E-state index < -0.39 is 0 Å². The number of rotatable bonds is 5. The number of benzene rings is 2. The van der Waals surface area contributed by atoms with Crippen LogP contribution in [0.2, 0.25) is 0 Å². The Hall–Kier alpha value is -2.01. The summed E-state index contributed by atoms with van der Waals surface area (Å²) < 4.78 is 7.13. The summed E-state index contributed by atoms with van der Waals surface area (Å²) in [6.45, 7) is 4.44. The topological polar surface area (TPSA) is 32.8 Å². The molecule has 1 aliphatic heterocycles. The third-order valence-electron chi connectivity index (χ3n) is 4.48. The van der Waals surface area contributed by atoms with Gasteiger partial charge >= 0.3 is 0 Å². The molecule has 0 saturated carbocycles. The van der Waals surface area contributed by atoms with Crippen molar-refractivity contribution >= 4 is 27.5 Å². The van der Waals surface area contributed by atoms with Crippen LogP contribution in [0.5, 0.6) is 5.75 Å². The number of hydrogen-bond donors (Lipinski definition) is 0. The van der Waals surface area contributed by atoms with Crippen LogP contribution < -0.4 is 9.64 Å². The van der Waals surface area contributed by atoms with Crippen LogP contribution in [0.4, 0.5) is 5.69 Å². The number of anilines is 1. The van der Waals surface area contributed by atoms with Gasteiger partial charge in [0.2, 0.25) is 5.91 Å². The van der Waals surface area contributed by atoms with Gasteiger partial charge in [0, 0.05) is 18.1 Å². The van der Waals surface area contributed by atoms with Gasteiger partial charge in [-0.15, -0.1) is 0 Å². The van der Waals surface area contributed by atoms with E-state index in [0.717, 1.165) is 34.6 Å². The van der Waals surface area contributed by atoms with Gasteiger partial charge in [-0.3, -0.25) is 4.79 Å². The number of ether oxygens (including phenoxy) is 1. The Kier molecular flexibility index (Phi) is 5.63. The third-order valence-corrected chi connectivity index (χ3v) is 5.01. The molecule has 2 aromatic rings. The van der Waals surface area contributed by atoms with E-state index in [-0.39, 0.29) is 12.0 Å². The van der Waals surface area contributed by atoms with Crippen molar-refractivity contribution in [1.29, 1.82) is 0 Å². The van der Waals surface area contributed by atoms with E-state index in [2.05, 4.69) is 33.8 Å². The van der Waals surface area contributed by atoms with E-state index in [9.17, 15) is 4.79 Å². The summed E-state index contributed by atoms with van der Waals surface area (Å²) in [6.07, 6.45) is 0.388. The van der Waals surface area contributed by atoms with Gasteiger partial charge in [0.25, 0.3) is 0 Å². The van der Waals surface area contributed by atoms with E-state index in [1.54, 1.807) is 4.90 Å². The Bertz CT molecular complexity index is 733. The van der Waals surface area contributed by atoms with Gasteiger partial charge in [0.15, 0.2) is 0 Å². The molecule has 0 saturated heterocycles. The number of nitrogens with zero attached hydrogens (tertiary/aromatic N) is 2. The highest BCUT2D eigenvalue weighted by Gasteiger charge is 2.26.